The van der Waals surface area contributed by atoms with Gasteiger partial charge in [-0.2, -0.15) is 5.26 Å². The van der Waals surface area contributed by atoms with E-state index >= 15 is 0 Å². The molecule has 0 N–H and O–H groups in total. The Bertz CT molecular complexity index is 2880. The van der Waals surface area contributed by atoms with Crippen molar-refractivity contribution in [2.45, 2.75) is 0 Å². The minimum absolute atomic E-state index is 0.623. The lowest BCUT2D eigenvalue weighted by Crippen LogP contribution is -1.97. The van der Waals surface area contributed by atoms with Crippen LogP contribution >= 0.6 is 0 Å². The van der Waals surface area contributed by atoms with Crippen molar-refractivity contribution in [1.29, 1.82) is 5.26 Å². The maximum atomic E-state index is 10.5. The van der Waals surface area contributed by atoms with Gasteiger partial charge in [0.25, 0.3) is 0 Å². The molecule has 0 radical (unpaired) electrons. The van der Waals surface area contributed by atoms with E-state index in [9.17, 15) is 5.26 Å². The van der Waals surface area contributed by atoms with Crippen LogP contribution in [-0.4, -0.2) is 9.13 Å². The fourth-order valence-electron chi connectivity index (χ4n) is 7.54. The number of rotatable bonds is 3. The van der Waals surface area contributed by atoms with Gasteiger partial charge in [-0.05, 0) is 71.8 Å². The lowest BCUT2D eigenvalue weighted by Gasteiger charge is -2.13. The van der Waals surface area contributed by atoms with Crippen LogP contribution in [0.4, 0.5) is 0 Å². The molecule has 0 aliphatic rings. The van der Waals surface area contributed by atoms with Crippen LogP contribution in [0.25, 0.3) is 88.1 Å². The van der Waals surface area contributed by atoms with E-state index in [0.717, 1.165) is 77.3 Å². The predicted molar refractivity (Wildman–Crippen MR) is 193 cm³/mol. The van der Waals surface area contributed by atoms with Gasteiger partial charge in [0.15, 0.2) is 0 Å². The van der Waals surface area contributed by atoms with Crippen molar-refractivity contribution in [1.82, 2.24) is 9.13 Å². The highest BCUT2D eigenvalue weighted by molar-refractivity contribution is 6.23. The van der Waals surface area contributed by atoms with Crippen LogP contribution in [0.3, 0.4) is 0 Å². The van der Waals surface area contributed by atoms with Crippen molar-refractivity contribution in [3.05, 3.63) is 157 Å². The molecule has 0 amide bonds. The van der Waals surface area contributed by atoms with Crippen LogP contribution in [0.5, 0.6) is 0 Å². The third-order valence-corrected chi connectivity index (χ3v) is 9.56. The third kappa shape index (κ3) is 3.63. The molecule has 0 fully saturated rings. The largest absolute Gasteiger partial charge is 0.455 e. The van der Waals surface area contributed by atoms with Gasteiger partial charge in [0, 0.05) is 38.3 Å². The van der Waals surface area contributed by atoms with E-state index in [1.54, 1.807) is 0 Å². The standard InChI is InChI=1S/C43H25N3O/c44-26-28-25-30(46-39-18-7-3-15-36(39)42-40(46)23-22-35-34-14-4-8-19-41(34)47-43(35)42)20-21-31(28)27-10-9-11-29(24-27)45-37-16-5-1-12-32(37)33-13-2-6-17-38(33)45/h1-25H. The predicted octanol–water partition coefficient (Wildman–Crippen LogP) is 11.3. The first kappa shape index (κ1) is 25.7. The fraction of sp³-hybridized carbons (Fsp3) is 0. The van der Waals surface area contributed by atoms with E-state index in [1.165, 1.54) is 10.8 Å². The Morgan fingerprint density at radius 2 is 1.09 bits per heavy atom. The molecule has 0 aliphatic carbocycles. The van der Waals surface area contributed by atoms with Crippen LogP contribution in [0.15, 0.2) is 156 Å². The zero-order valence-corrected chi connectivity index (χ0v) is 25.2. The normalized spacial score (nSPS) is 11.8. The number of hydrogen-bond acceptors (Lipinski definition) is 2. The van der Waals surface area contributed by atoms with Crippen LogP contribution in [-0.2, 0) is 0 Å². The smallest absolute Gasteiger partial charge is 0.145 e. The summed E-state index contributed by atoms with van der Waals surface area (Å²) in [7, 11) is 0. The first-order valence-electron chi connectivity index (χ1n) is 15.8. The van der Waals surface area contributed by atoms with E-state index in [4.69, 9.17) is 4.42 Å². The molecule has 47 heavy (non-hydrogen) atoms. The summed E-state index contributed by atoms with van der Waals surface area (Å²) in [6.07, 6.45) is 0. The quantitative estimate of drug-likeness (QED) is 0.203. The molecule has 3 heterocycles. The van der Waals surface area contributed by atoms with Crippen LogP contribution in [0, 0.1) is 11.3 Å². The summed E-state index contributed by atoms with van der Waals surface area (Å²) in [5.74, 6) is 0. The lowest BCUT2D eigenvalue weighted by molar-refractivity contribution is 0.673. The van der Waals surface area contributed by atoms with E-state index in [2.05, 4.69) is 143 Å². The Hall–Kier alpha value is -6.57. The molecule has 0 aliphatic heterocycles. The molecule has 4 heteroatoms. The average molecular weight is 600 g/mol. The van der Waals surface area contributed by atoms with Gasteiger partial charge >= 0.3 is 0 Å². The molecule has 10 aromatic rings. The number of nitriles is 1. The highest BCUT2D eigenvalue weighted by Crippen LogP contribution is 2.41. The van der Waals surface area contributed by atoms with Gasteiger partial charge in [-0.25, -0.2) is 0 Å². The number of furan rings is 1. The molecule has 0 spiro atoms. The minimum atomic E-state index is 0.623. The van der Waals surface area contributed by atoms with Crippen LogP contribution in [0.1, 0.15) is 5.56 Å². The molecule has 0 atom stereocenters. The molecule has 0 bridgehead atoms. The van der Waals surface area contributed by atoms with Gasteiger partial charge in [-0.15, -0.1) is 0 Å². The Morgan fingerprint density at radius 3 is 1.83 bits per heavy atom. The zero-order valence-electron chi connectivity index (χ0n) is 25.2. The van der Waals surface area contributed by atoms with Crippen molar-refractivity contribution in [2.75, 3.05) is 0 Å². The van der Waals surface area contributed by atoms with E-state index < -0.39 is 0 Å². The highest BCUT2D eigenvalue weighted by atomic mass is 16.3. The van der Waals surface area contributed by atoms with Gasteiger partial charge in [-0.3, -0.25) is 0 Å². The molecule has 0 saturated heterocycles. The Kier molecular flexibility index (Phi) is 5.32. The van der Waals surface area contributed by atoms with Crippen molar-refractivity contribution in [3.63, 3.8) is 0 Å². The summed E-state index contributed by atoms with van der Waals surface area (Å²) in [6.45, 7) is 0. The molecule has 7 aromatic carbocycles. The van der Waals surface area contributed by atoms with Gasteiger partial charge in [0.05, 0.1) is 39.1 Å². The fourth-order valence-corrected chi connectivity index (χ4v) is 7.54. The first-order valence-corrected chi connectivity index (χ1v) is 15.8. The van der Waals surface area contributed by atoms with E-state index in [0.29, 0.717) is 5.56 Å². The molecule has 218 valence electrons. The number of benzene rings is 7. The molecular formula is C43H25N3O. The van der Waals surface area contributed by atoms with Gasteiger partial charge in [-0.1, -0.05) is 91.0 Å². The second-order valence-electron chi connectivity index (χ2n) is 12.0. The summed E-state index contributed by atoms with van der Waals surface area (Å²) in [4.78, 5) is 0. The second kappa shape index (κ2) is 9.71. The second-order valence-corrected chi connectivity index (χ2v) is 12.0. The summed E-state index contributed by atoms with van der Waals surface area (Å²) in [6, 6.07) is 55.2. The maximum Gasteiger partial charge on any atom is 0.145 e. The number of aromatic nitrogens is 2. The minimum Gasteiger partial charge on any atom is -0.455 e. The Balaban J connectivity index is 1.16. The topological polar surface area (TPSA) is 46.8 Å². The van der Waals surface area contributed by atoms with Gasteiger partial charge in [0.2, 0.25) is 0 Å². The van der Waals surface area contributed by atoms with E-state index in [-0.39, 0.29) is 0 Å². The van der Waals surface area contributed by atoms with Crippen LogP contribution < -0.4 is 0 Å². The number of para-hydroxylation sites is 4. The molecule has 0 saturated carbocycles. The third-order valence-electron chi connectivity index (χ3n) is 9.56. The van der Waals surface area contributed by atoms with Crippen molar-refractivity contribution in [2.24, 2.45) is 0 Å². The molecule has 4 nitrogen and oxygen atoms in total. The summed E-state index contributed by atoms with van der Waals surface area (Å²) in [5.41, 5.74) is 10.7. The van der Waals surface area contributed by atoms with Gasteiger partial charge in [0.1, 0.15) is 11.2 Å². The van der Waals surface area contributed by atoms with Crippen molar-refractivity contribution in [3.8, 4) is 28.6 Å². The molecule has 3 aromatic heterocycles. The van der Waals surface area contributed by atoms with Crippen molar-refractivity contribution >= 4 is 65.6 Å². The Morgan fingerprint density at radius 1 is 0.468 bits per heavy atom. The summed E-state index contributed by atoms with van der Waals surface area (Å²) in [5, 5.41) is 17.4. The SMILES string of the molecule is N#Cc1cc(-n2c3ccccc3c3c4oc5ccccc5c4ccc32)ccc1-c1cccc(-n2c3ccccc3c3ccccc32)c1. The molecule has 0 unspecified atom stereocenters. The maximum absolute atomic E-state index is 10.5. The number of nitrogens with zero attached hydrogens (tertiary/aromatic N) is 3. The molecule has 10 rings (SSSR count). The van der Waals surface area contributed by atoms with Gasteiger partial charge < -0.3 is 13.6 Å². The average Bonchev–Trinajstić information content (AvgIpc) is 3.79. The summed E-state index contributed by atoms with van der Waals surface area (Å²) < 4.78 is 11.0. The van der Waals surface area contributed by atoms with Crippen LogP contribution in [0.2, 0.25) is 0 Å². The highest BCUT2D eigenvalue weighted by Gasteiger charge is 2.19. The number of hydrogen-bond donors (Lipinski definition) is 0. The monoisotopic (exact) mass is 599 g/mol. The van der Waals surface area contributed by atoms with Crippen molar-refractivity contribution < 1.29 is 4.42 Å². The zero-order chi connectivity index (χ0) is 31.1. The lowest BCUT2D eigenvalue weighted by atomic mass is 9.99. The summed E-state index contributed by atoms with van der Waals surface area (Å²) >= 11 is 0. The number of fused-ring (bicyclic) bond motifs is 10. The van der Waals surface area contributed by atoms with E-state index in [1.807, 2.05) is 24.3 Å². The Labute approximate surface area is 269 Å². The molecular weight excluding hydrogens is 574 g/mol. The first-order chi connectivity index (χ1) is 23.3.